The van der Waals surface area contributed by atoms with Crippen molar-refractivity contribution in [2.24, 2.45) is 5.16 Å². The maximum absolute atomic E-state index is 12.7. The molecule has 0 heterocycles. The van der Waals surface area contributed by atoms with Crippen molar-refractivity contribution >= 4 is 23.8 Å². The van der Waals surface area contributed by atoms with Gasteiger partial charge in [0, 0.05) is 5.56 Å². The topological polar surface area (TPSA) is 67.8 Å². The number of nitrogens with zero attached hydrogens (tertiary/aromatic N) is 1. The zero-order valence-corrected chi connectivity index (χ0v) is 12.9. The van der Waals surface area contributed by atoms with Gasteiger partial charge in [0.1, 0.15) is 0 Å². The highest BCUT2D eigenvalue weighted by Gasteiger charge is 2.34. The van der Waals surface area contributed by atoms with E-state index in [1.54, 1.807) is 26.0 Å². The van der Waals surface area contributed by atoms with E-state index in [1.807, 2.05) is 30.3 Å². The molecule has 0 aliphatic heterocycles. The molecule has 0 saturated carbocycles. The Morgan fingerprint density at radius 3 is 2.24 bits per heavy atom. The molecule has 21 heavy (non-hydrogen) atoms. The fourth-order valence-corrected chi connectivity index (χ4v) is 3.64. The Hall–Kier alpha value is -1.68. The summed E-state index contributed by atoms with van der Waals surface area (Å²) < 4.78 is 23.1. The van der Waals surface area contributed by atoms with E-state index in [0.29, 0.717) is 5.56 Å². The standard InChI is InChI=1S/C15H17NO4P/c1-3-19-21(18,20-4-2)15(16-17)14-10-9-12-7-5-6-8-13(12)11-14/h5-11H,3-4H2,1-2H3/b16-15-. The Morgan fingerprint density at radius 2 is 1.67 bits per heavy atom. The molecule has 2 aromatic rings. The monoisotopic (exact) mass is 306 g/mol. The van der Waals surface area contributed by atoms with E-state index in [2.05, 4.69) is 5.16 Å². The maximum Gasteiger partial charge on any atom is 0.383 e. The largest absolute Gasteiger partial charge is 0.383 e. The first-order valence-electron chi connectivity index (χ1n) is 6.73. The van der Waals surface area contributed by atoms with Crippen LogP contribution in [0.4, 0.5) is 0 Å². The fraction of sp³-hybridized carbons (Fsp3) is 0.267. The maximum atomic E-state index is 12.7. The van der Waals surface area contributed by atoms with Gasteiger partial charge in [-0.1, -0.05) is 36.4 Å². The Bertz CT molecular complexity index is 689. The van der Waals surface area contributed by atoms with Gasteiger partial charge in [0.25, 0.3) is 0 Å². The van der Waals surface area contributed by atoms with Gasteiger partial charge in [-0.25, -0.2) is 0 Å². The molecular formula is C15H17NO4P. The molecular weight excluding hydrogens is 289 g/mol. The summed E-state index contributed by atoms with van der Waals surface area (Å²) in [6, 6.07) is 13.0. The van der Waals surface area contributed by atoms with Crippen molar-refractivity contribution in [1.29, 1.82) is 0 Å². The zero-order valence-electron chi connectivity index (χ0n) is 12.0. The third-order valence-corrected chi connectivity index (χ3v) is 5.01. The second kappa shape index (κ2) is 6.85. The van der Waals surface area contributed by atoms with Crippen LogP contribution in [0.5, 0.6) is 0 Å². The van der Waals surface area contributed by atoms with E-state index in [1.165, 1.54) is 0 Å². The van der Waals surface area contributed by atoms with Gasteiger partial charge in [-0.05, 0) is 35.8 Å². The van der Waals surface area contributed by atoms with E-state index in [9.17, 15) is 9.77 Å². The van der Waals surface area contributed by atoms with Gasteiger partial charge in [0.05, 0.1) is 13.2 Å². The lowest BCUT2D eigenvalue weighted by molar-refractivity contribution is 0.204. The quantitative estimate of drug-likeness (QED) is 0.456. The average molecular weight is 306 g/mol. The summed E-state index contributed by atoms with van der Waals surface area (Å²) in [7, 11) is -3.69. The minimum Gasteiger partial charge on any atom is -0.304 e. The summed E-state index contributed by atoms with van der Waals surface area (Å²) in [5.41, 5.74) is 0.269. The summed E-state index contributed by atoms with van der Waals surface area (Å²) in [5.74, 6) is 0. The summed E-state index contributed by atoms with van der Waals surface area (Å²) in [4.78, 5) is 0. The van der Waals surface area contributed by atoms with E-state index in [0.717, 1.165) is 10.8 Å². The molecule has 2 rings (SSSR count). The molecule has 0 fully saturated rings. The SMILES string of the molecule is CCOP(=O)(OCC)/C(=N\[O])c1ccc2ccccc2c1. The molecule has 0 atom stereocenters. The van der Waals surface area contributed by atoms with E-state index >= 15 is 0 Å². The first kappa shape index (κ1) is 15.7. The van der Waals surface area contributed by atoms with Crippen LogP contribution in [0.3, 0.4) is 0 Å². The van der Waals surface area contributed by atoms with Gasteiger partial charge < -0.3 is 9.05 Å². The second-order valence-electron chi connectivity index (χ2n) is 4.31. The van der Waals surface area contributed by atoms with Crippen molar-refractivity contribution in [3.8, 4) is 0 Å². The molecule has 0 aliphatic rings. The smallest absolute Gasteiger partial charge is 0.304 e. The van der Waals surface area contributed by atoms with Crippen molar-refractivity contribution in [3.63, 3.8) is 0 Å². The van der Waals surface area contributed by atoms with E-state index in [-0.39, 0.29) is 18.7 Å². The first-order chi connectivity index (χ1) is 10.1. The van der Waals surface area contributed by atoms with E-state index < -0.39 is 7.60 Å². The predicted octanol–water partition coefficient (Wildman–Crippen LogP) is 4.20. The molecule has 111 valence electrons. The van der Waals surface area contributed by atoms with Gasteiger partial charge in [-0.2, -0.15) is 0 Å². The number of benzene rings is 2. The number of fused-ring (bicyclic) bond motifs is 1. The normalized spacial score (nSPS) is 12.8. The van der Waals surface area contributed by atoms with Crippen molar-refractivity contribution in [1.82, 2.24) is 0 Å². The Morgan fingerprint density at radius 1 is 1.05 bits per heavy atom. The van der Waals surface area contributed by atoms with Gasteiger partial charge in [-0.3, -0.25) is 4.57 Å². The molecule has 5 nitrogen and oxygen atoms in total. The van der Waals surface area contributed by atoms with Gasteiger partial charge in [0.15, 0.2) is 0 Å². The van der Waals surface area contributed by atoms with Gasteiger partial charge >= 0.3 is 7.60 Å². The van der Waals surface area contributed by atoms with Gasteiger partial charge in [-0.15, -0.1) is 5.21 Å². The van der Waals surface area contributed by atoms with Crippen LogP contribution in [-0.4, -0.2) is 18.7 Å². The molecule has 0 bridgehead atoms. The summed E-state index contributed by atoms with van der Waals surface area (Å²) in [5, 5.41) is 16.1. The zero-order chi connectivity index (χ0) is 15.3. The second-order valence-corrected chi connectivity index (χ2v) is 6.24. The molecule has 0 saturated heterocycles. The molecule has 0 aliphatic carbocycles. The summed E-state index contributed by atoms with van der Waals surface area (Å²) in [6.07, 6.45) is 0. The van der Waals surface area contributed by atoms with Crippen LogP contribution in [0.25, 0.3) is 10.8 Å². The van der Waals surface area contributed by atoms with Crippen molar-refractivity contribution in [3.05, 3.63) is 48.0 Å². The lowest BCUT2D eigenvalue weighted by Gasteiger charge is -2.17. The Labute approximate surface area is 123 Å². The van der Waals surface area contributed by atoms with Gasteiger partial charge in [0.2, 0.25) is 5.45 Å². The van der Waals surface area contributed by atoms with Crippen LogP contribution >= 0.6 is 7.60 Å². The minimum absolute atomic E-state index is 0.171. The Kier molecular flexibility index (Phi) is 5.12. The molecule has 0 spiro atoms. The fourth-order valence-electron chi connectivity index (χ4n) is 2.09. The summed E-state index contributed by atoms with van der Waals surface area (Å²) >= 11 is 0. The van der Waals surface area contributed by atoms with Crippen LogP contribution in [0.2, 0.25) is 0 Å². The van der Waals surface area contributed by atoms with Crippen LogP contribution in [0.15, 0.2) is 47.6 Å². The minimum atomic E-state index is -3.69. The molecule has 2 aromatic carbocycles. The summed E-state index contributed by atoms with van der Waals surface area (Å²) in [6.45, 7) is 3.72. The lowest BCUT2D eigenvalue weighted by Crippen LogP contribution is -2.09. The molecule has 6 heteroatoms. The van der Waals surface area contributed by atoms with Crippen LogP contribution < -0.4 is 0 Å². The molecule has 0 amide bonds. The number of hydrogen-bond acceptors (Lipinski definition) is 4. The van der Waals surface area contributed by atoms with Crippen LogP contribution in [0.1, 0.15) is 19.4 Å². The molecule has 0 aromatic heterocycles. The van der Waals surface area contributed by atoms with Crippen molar-refractivity contribution in [2.75, 3.05) is 13.2 Å². The molecule has 0 N–H and O–H groups in total. The highest BCUT2D eigenvalue weighted by atomic mass is 31.2. The number of rotatable bonds is 6. The molecule has 1 radical (unpaired) electrons. The van der Waals surface area contributed by atoms with Crippen molar-refractivity contribution in [2.45, 2.75) is 13.8 Å². The average Bonchev–Trinajstić information content (AvgIpc) is 2.48. The predicted molar refractivity (Wildman–Crippen MR) is 82.0 cm³/mol. The van der Waals surface area contributed by atoms with E-state index in [4.69, 9.17) is 9.05 Å². The van der Waals surface area contributed by atoms with Crippen LogP contribution in [0, 0.1) is 0 Å². The Balaban J connectivity index is 2.50. The third kappa shape index (κ3) is 3.32. The first-order valence-corrected chi connectivity index (χ1v) is 8.28. The molecule has 0 unspecified atom stereocenters. The highest BCUT2D eigenvalue weighted by Crippen LogP contribution is 2.51. The lowest BCUT2D eigenvalue weighted by atomic mass is 10.1. The number of hydrogen-bond donors (Lipinski definition) is 0. The highest BCUT2D eigenvalue weighted by molar-refractivity contribution is 7.73. The van der Waals surface area contributed by atoms with Crippen molar-refractivity contribution < 1.29 is 18.8 Å². The third-order valence-electron chi connectivity index (χ3n) is 2.95. The van der Waals surface area contributed by atoms with Crippen LogP contribution in [-0.2, 0) is 18.8 Å².